The second-order valence-electron chi connectivity index (χ2n) is 8.71. The van der Waals surface area contributed by atoms with Gasteiger partial charge in [0.2, 0.25) is 10.0 Å². The summed E-state index contributed by atoms with van der Waals surface area (Å²) in [5.41, 5.74) is 1.54. The number of anilines is 2. The lowest BCUT2D eigenvalue weighted by molar-refractivity contribution is -0.124. The first-order chi connectivity index (χ1) is 17.7. The Balaban J connectivity index is 1.35. The number of sulfonamides is 1. The van der Waals surface area contributed by atoms with Gasteiger partial charge in [-0.25, -0.2) is 17.2 Å². The van der Waals surface area contributed by atoms with Crippen LogP contribution in [0.5, 0.6) is 0 Å². The molecule has 0 aliphatic carbocycles. The Morgan fingerprint density at radius 3 is 2.59 bits per heavy atom. The third kappa shape index (κ3) is 5.10. The molecule has 1 atom stereocenters. The topological polar surface area (TPSA) is 133 Å². The van der Waals surface area contributed by atoms with E-state index < -0.39 is 38.6 Å². The van der Waals surface area contributed by atoms with Crippen molar-refractivity contribution in [2.45, 2.75) is 36.8 Å². The first kappa shape index (κ1) is 25.0. The predicted molar refractivity (Wildman–Crippen MR) is 128 cm³/mol. The van der Waals surface area contributed by atoms with Crippen molar-refractivity contribution < 1.29 is 31.5 Å². The molecule has 0 radical (unpaired) electrons. The highest BCUT2D eigenvalue weighted by molar-refractivity contribution is 7.89. The molecule has 3 aromatic rings. The highest BCUT2D eigenvalue weighted by atomic mass is 32.2. The fraction of sp³-hybridized carbons (Fsp3) is 0.292. The van der Waals surface area contributed by atoms with Crippen LogP contribution < -0.4 is 10.6 Å². The summed E-state index contributed by atoms with van der Waals surface area (Å²) in [6, 6.07) is 8.56. The van der Waals surface area contributed by atoms with Gasteiger partial charge >= 0.3 is 0 Å². The molecule has 194 valence electrons. The number of nitrogens with zero attached hydrogens (tertiary/aromatic N) is 2. The molecular formula is C24H23F2N5O5S. The van der Waals surface area contributed by atoms with Gasteiger partial charge in [0.15, 0.2) is 5.82 Å². The number of rotatable bonds is 6. The van der Waals surface area contributed by atoms with E-state index in [2.05, 4.69) is 20.8 Å². The molecule has 0 saturated carbocycles. The van der Waals surface area contributed by atoms with E-state index in [-0.39, 0.29) is 36.8 Å². The smallest absolute Gasteiger partial charge is 0.258 e. The lowest BCUT2D eigenvalue weighted by Gasteiger charge is -2.26. The van der Waals surface area contributed by atoms with Gasteiger partial charge in [0.1, 0.15) is 17.7 Å². The molecule has 1 saturated heterocycles. The van der Waals surface area contributed by atoms with E-state index in [9.17, 15) is 26.8 Å². The van der Waals surface area contributed by atoms with E-state index in [0.717, 1.165) is 22.9 Å². The third-order valence-corrected chi connectivity index (χ3v) is 8.08. The number of ether oxygens (including phenoxy) is 1. The zero-order chi connectivity index (χ0) is 26.2. The summed E-state index contributed by atoms with van der Waals surface area (Å²) in [4.78, 5) is 25.1. The summed E-state index contributed by atoms with van der Waals surface area (Å²) in [5.74, 6) is -2.80. The number of halogens is 2. The molecule has 37 heavy (non-hydrogen) atoms. The van der Waals surface area contributed by atoms with Crippen LogP contribution in [0.1, 0.15) is 34.5 Å². The van der Waals surface area contributed by atoms with Crippen molar-refractivity contribution in [2.24, 2.45) is 0 Å². The second kappa shape index (κ2) is 10.00. The van der Waals surface area contributed by atoms with Crippen molar-refractivity contribution in [3.05, 3.63) is 70.9 Å². The lowest BCUT2D eigenvalue weighted by Crippen LogP contribution is -2.36. The number of nitrogens with one attached hydrogen (secondary N) is 3. The predicted octanol–water partition coefficient (Wildman–Crippen LogP) is 2.80. The zero-order valence-corrected chi connectivity index (χ0v) is 20.3. The molecule has 3 N–H and O–H groups in total. The van der Waals surface area contributed by atoms with Crippen molar-refractivity contribution in [2.75, 3.05) is 23.8 Å². The molecule has 0 spiro atoms. The van der Waals surface area contributed by atoms with Crippen molar-refractivity contribution >= 4 is 33.3 Å². The van der Waals surface area contributed by atoms with Crippen molar-refractivity contribution in [3.8, 4) is 0 Å². The Kier molecular flexibility index (Phi) is 6.75. The largest absolute Gasteiger partial charge is 0.368 e. The van der Waals surface area contributed by atoms with Gasteiger partial charge in [0.25, 0.3) is 11.8 Å². The molecule has 2 aliphatic rings. The van der Waals surface area contributed by atoms with Crippen molar-refractivity contribution in [3.63, 3.8) is 0 Å². The number of amides is 2. The van der Waals surface area contributed by atoms with Crippen LogP contribution in [-0.2, 0) is 32.5 Å². The molecule has 13 heteroatoms. The van der Waals surface area contributed by atoms with E-state index in [4.69, 9.17) is 4.74 Å². The molecule has 0 bridgehead atoms. The van der Waals surface area contributed by atoms with Gasteiger partial charge in [-0.2, -0.15) is 9.40 Å². The van der Waals surface area contributed by atoms with Crippen LogP contribution in [0.25, 0.3) is 0 Å². The summed E-state index contributed by atoms with van der Waals surface area (Å²) in [5, 5.41) is 12.3. The minimum Gasteiger partial charge on any atom is -0.368 e. The molecule has 2 aliphatic heterocycles. The van der Waals surface area contributed by atoms with E-state index in [0.29, 0.717) is 36.0 Å². The van der Waals surface area contributed by atoms with E-state index in [1.54, 1.807) is 18.2 Å². The van der Waals surface area contributed by atoms with Crippen LogP contribution in [-0.4, -0.2) is 54.0 Å². The minimum absolute atomic E-state index is 0.0567. The number of benzene rings is 2. The highest BCUT2D eigenvalue weighted by Crippen LogP contribution is 2.29. The number of carbonyl (C=O) groups excluding carboxylic acids is 2. The minimum atomic E-state index is -4.21. The highest BCUT2D eigenvalue weighted by Gasteiger charge is 2.32. The Morgan fingerprint density at radius 2 is 1.86 bits per heavy atom. The average molecular weight is 532 g/mol. The number of hydrogen-bond donors (Lipinski definition) is 3. The maximum Gasteiger partial charge on any atom is 0.258 e. The van der Waals surface area contributed by atoms with E-state index >= 15 is 0 Å². The third-order valence-electron chi connectivity index (χ3n) is 6.26. The lowest BCUT2D eigenvalue weighted by atomic mass is 10.1. The van der Waals surface area contributed by atoms with Crippen molar-refractivity contribution in [1.29, 1.82) is 0 Å². The van der Waals surface area contributed by atoms with Gasteiger partial charge in [0, 0.05) is 43.4 Å². The fourth-order valence-corrected chi connectivity index (χ4v) is 5.82. The molecule has 2 amide bonds. The average Bonchev–Trinajstić information content (AvgIpc) is 3.54. The number of H-pyrrole nitrogens is 1. The van der Waals surface area contributed by atoms with E-state index in [1.807, 2.05) is 0 Å². The van der Waals surface area contributed by atoms with Crippen LogP contribution in [0, 0.1) is 11.6 Å². The van der Waals surface area contributed by atoms with Gasteiger partial charge in [-0.3, -0.25) is 14.7 Å². The Morgan fingerprint density at radius 1 is 1.11 bits per heavy atom. The van der Waals surface area contributed by atoms with Crippen LogP contribution in [0.15, 0.2) is 47.4 Å². The van der Waals surface area contributed by atoms with Crippen molar-refractivity contribution in [1.82, 2.24) is 14.5 Å². The van der Waals surface area contributed by atoms with Gasteiger partial charge < -0.3 is 15.4 Å². The number of fused-ring (bicyclic) bond motifs is 1. The van der Waals surface area contributed by atoms with Crippen LogP contribution in [0.4, 0.5) is 20.3 Å². The fourth-order valence-electron chi connectivity index (χ4n) is 4.37. The molecule has 10 nitrogen and oxygen atoms in total. The first-order valence-corrected chi connectivity index (χ1v) is 13.0. The maximum absolute atomic E-state index is 13.7. The zero-order valence-electron chi connectivity index (χ0n) is 19.5. The molecule has 5 rings (SSSR count). The summed E-state index contributed by atoms with van der Waals surface area (Å²) >= 11 is 0. The van der Waals surface area contributed by atoms with Crippen LogP contribution >= 0.6 is 0 Å². The summed E-state index contributed by atoms with van der Waals surface area (Å²) in [6.45, 7) is 0.395. The number of para-hydroxylation sites is 1. The number of hydrogen-bond acceptors (Lipinski definition) is 6. The number of aromatic nitrogens is 2. The normalized spacial score (nSPS) is 17.8. The van der Waals surface area contributed by atoms with Gasteiger partial charge in [-0.15, -0.1) is 0 Å². The quantitative estimate of drug-likeness (QED) is 0.448. The van der Waals surface area contributed by atoms with Crippen LogP contribution in [0.3, 0.4) is 0 Å². The Bertz CT molecular complexity index is 1450. The second-order valence-corrected chi connectivity index (χ2v) is 10.7. The molecule has 3 heterocycles. The monoisotopic (exact) mass is 531 g/mol. The number of aromatic amines is 1. The summed E-state index contributed by atoms with van der Waals surface area (Å²) in [6.07, 6.45) is 1.06. The standard InChI is InChI=1S/C24H23F2N5O5S/c25-14-10-15(26)12-16(11-14)37(34,35)31-8-7-20-18(13-31)22(30-29-20)28-23(32)17-4-1-2-5-19(17)27-24(33)21-6-3-9-36-21/h1-2,4-5,10-12,21H,3,6-9,13H2,(H,27,33)(H2,28,29,30,32)/t21-/m0/s1. The molecule has 0 unspecified atom stereocenters. The summed E-state index contributed by atoms with van der Waals surface area (Å²) in [7, 11) is -4.21. The van der Waals surface area contributed by atoms with E-state index in [1.165, 1.54) is 6.07 Å². The van der Waals surface area contributed by atoms with Crippen LogP contribution in [0.2, 0.25) is 0 Å². The molecule has 1 fully saturated rings. The SMILES string of the molecule is O=C(Nc1n[nH]c2c1CN(S(=O)(=O)c1cc(F)cc(F)c1)CC2)c1ccccc1NC(=O)[C@@H]1CCCO1. The number of carbonyl (C=O) groups is 2. The molecule has 2 aromatic carbocycles. The Labute approximate surface area is 211 Å². The van der Waals surface area contributed by atoms with Gasteiger partial charge in [0.05, 0.1) is 16.1 Å². The summed E-state index contributed by atoms with van der Waals surface area (Å²) < 4.78 is 59.9. The van der Waals surface area contributed by atoms with Gasteiger partial charge in [-0.05, 0) is 37.1 Å². The maximum atomic E-state index is 13.7. The Hall–Kier alpha value is -3.68. The molecular weight excluding hydrogens is 508 g/mol. The molecule has 1 aromatic heterocycles. The first-order valence-electron chi connectivity index (χ1n) is 11.6. The van der Waals surface area contributed by atoms with Gasteiger partial charge in [-0.1, -0.05) is 12.1 Å².